The van der Waals surface area contributed by atoms with E-state index in [2.05, 4.69) is 22.8 Å². The summed E-state index contributed by atoms with van der Waals surface area (Å²) >= 11 is 1.90. The maximum Gasteiger partial charge on any atom is 0.00453 e. The van der Waals surface area contributed by atoms with Crippen molar-refractivity contribution in [3.63, 3.8) is 0 Å². The minimum Gasteiger partial charge on any atom is -0.317 e. The van der Waals surface area contributed by atoms with Gasteiger partial charge in [0.15, 0.2) is 0 Å². The van der Waals surface area contributed by atoms with Gasteiger partial charge in [-0.25, -0.2) is 0 Å². The summed E-state index contributed by atoms with van der Waals surface area (Å²) in [6, 6.07) is 4.42. The quantitative estimate of drug-likeness (QED) is 0.806. The van der Waals surface area contributed by atoms with Gasteiger partial charge in [0.05, 0.1) is 0 Å². The fourth-order valence-electron chi connectivity index (χ4n) is 2.18. The summed E-state index contributed by atoms with van der Waals surface area (Å²) in [5, 5.41) is 5.66. The molecule has 0 radical (unpaired) electrons. The third kappa shape index (κ3) is 3.10. The highest BCUT2D eigenvalue weighted by Crippen LogP contribution is 2.21. The van der Waals surface area contributed by atoms with E-state index < -0.39 is 0 Å². The van der Waals surface area contributed by atoms with Crippen molar-refractivity contribution in [1.82, 2.24) is 5.32 Å². The summed E-state index contributed by atoms with van der Waals surface area (Å²) in [7, 11) is 0. The first-order valence-electron chi connectivity index (χ1n) is 5.68. The van der Waals surface area contributed by atoms with Gasteiger partial charge < -0.3 is 5.32 Å². The lowest BCUT2D eigenvalue weighted by molar-refractivity contribution is 0.440. The van der Waals surface area contributed by atoms with Gasteiger partial charge in [-0.2, -0.15) is 0 Å². The molecule has 1 nitrogen and oxygen atoms in total. The SMILES string of the molecule is c1csc(CCC2CCCNCC2)c1. The Bertz CT molecular complexity index is 235. The number of hydrogen-bond acceptors (Lipinski definition) is 2. The predicted octanol–water partition coefficient (Wildman–Crippen LogP) is 3.07. The van der Waals surface area contributed by atoms with E-state index in [-0.39, 0.29) is 0 Å². The lowest BCUT2D eigenvalue weighted by atomic mass is 9.95. The van der Waals surface area contributed by atoms with Crippen molar-refractivity contribution in [3.05, 3.63) is 22.4 Å². The number of hydrogen-bond donors (Lipinski definition) is 1. The van der Waals surface area contributed by atoms with Gasteiger partial charge in [0.2, 0.25) is 0 Å². The average Bonchev–Trinajstić information content (AvgIpc) is 2.58. The molecule has 1 fully saturated rings. The number of aryl methyl sites for hydroxylation is 1. The molecule has 2 heterocycles. The summed E-state index contributed by atoms with van der Waals surface area (Å²) in [5.74, 6) is 0.965. The van der Waals surface area contributed by atoms with Crippen molar-refractivity contribution in [3.8, 4) is 0 Å². The van der Waals surface area contributed by atoms with E-state index in [4.69, 9.17) is 0 Å². The first-order valence-corrected chi connectivity index (χ1v) is 6.56. The van der Waals surface area contributed by atoms with Gasteiger partial charge in [0.1, 0.15) is 0 Å². The van der Waals surface area contributed by atoms with Gasteiger partial charge in [-0.3, -0.25) is 0 Å². The smallest absolute Gasteiger partial charge is 0.00453 e. The Balaban J connectivity index is 1.73. The van der Waals surface area contributed by atoms with Gasteiger partial charge >= 0.3 is 0 Å². The first kappa shape index (κ1) is 10.2. The molecule has 2 heteroatoms. The van der Waals surface area contributed by atoms with E-state index in [0.29, 0.717) is 0 Å². The van der Waals surface area contributed by atoms with E-state index >= 15 is 0 Å². The first-order chi connectivity index (χ1) is 6.95. The molecule has 1 saturated heterocycles. The van der Waals surface area contributed by atoms with E-state index in [1.807, 2.05) is 11.3 Å². The molecule has 0 spiro atoms. The fourth-order valence-corrected chi connectivity index (χ4v) is 2.91. The second kappa shape index (κ2) is 5.52. The third-order valence-corrected chi connectivity index (χ3v) is 4.01. The van der Waals surface area contributed by atoms with Crippen LogP contribution in [-0.4, -0.2) is 13.1 Å². The Hall–Kier alpha value is -0.340. The average molecular weight is 209 g/mol. The van der Waals surface area contributed by atoms with Crippen molar-refractivity contribution >= 4 is 11.3 Å². The molecule has 1 atom stereocenters. The fraction of sp³-hybridized carbons (Fsp3) is 0.667. The van der Waals surface area contributed by atoms with Gasteiger partial charge in [-0.15, -0.1) is 11.3 Å². The second-order valence-corrected chi connectivity index (χ2v) is 5.20. The van der Waals surface area contributed by atoms with Crippen LogP contribution in [0.2, 0.25) is 0 Å². The summed E-state index contributed by atoms with van der Waals surface area (Å²) < 4.78 is 0. The molecule has 2 rings (SSSR count). The van der Waals surface area contributed by atoms with Crippen LogP contribution in [0.4, 0.5) is 0 Å². The van der Waals surface area contributed by atoms with Gasteiger partial charge in [-0.05, 0) is 62.6 Å². The van der Waals surface area contributed by atoms with Crippen molar-refractivity contribution in [1.29, 1.82) is 0 Å². The van der Waals surface area contributed by atoms with E-state index in [9.17, 15) is 0 Å². The minimum atomic E-state index is 0.965. The van der Waals surface area contributed by atoms with Crippen LogP contribution in [0, 0.1) is 5.92 Å². The largest absolute Gasteiger partial charge is 0.317 e. The molecule has 0 aliphatic carbocycles. The molecule has 14 heavy (non-hydrogen) atoms. The maximum atomic E-state index is 3.47. The molecule has 1 N–H and O–H groups in total. The normalized spacial score (nSPS) is 23.3. The topological polar surface area (TPSA) is 12.0 Å². The van der Waals surface area contributed by atoms with Crippen LogP contribution in [0.5, 0.6) is 0 Å². The highest BCUT2D eigenvalue weighted by molar-refractivity contribution is 7.09. The Morgan fingerprint density at radius 3 is 3.21 bits per heavy atom. The van der Waals surface area contributed by atoms with E-state index in [1.54, 1.807) is 4.88 Å². The van der Waals surface area contributed by atoms with Crippen molar-refractivity contribution in [2.75, 3.05) is 13.1 Å². The molecule has 0 amide bonds. The predicted molar refractivity (Wildman–Crippen MR) is 62.9 cm³/mol. The van der Waals surface area contributed by atoms with Crippen LogP contribution >= 0.6 is 11.3 Å². The van der Waals surface area contributed by atoms with Crippen molar-refractivity contribution in [2.45, 2.75) is 32.1 Å². The molecule has 78 valence electrons. The Kier molecular flexibility index (Phi) is 4.02. The van der Waals surface area contributed by atoms with Gasteiger partial charge in [0, 0.05) is 4.88 Å². The molecular formula is C12H19NS. The van der Waals surface area contributed by atoms with E-state index in [0.717, 1.165) is 5.92 Å². The number of rotatable bonds is 3. The third-order valence-electron chi connectivity index (χ3n) is 3.07. The maximum absolute atomic E-state index is 3.47. The van der Waals surface area contributed by atoms with Crippen molar-refractivity contribution < 1.29 is 0 Å². The summed E-state index contributed by atoms with van der Waals surface area (Å²) in [5.41, 5.74) is 0. The standard InChI is InChI=1S/C12H19NS/c1-3-11(7-9-13-8-1)5-6-12-4-2-10-14-12/h2,4,10-11,13H,1,3,5-9H2. The van der Waals surface area contributed by atoms with Gasteiger partial charge in [0.25, 0.3) is 0 Å². The van der Waals surface area contributed by atoms with Gasteiger partial charge in [-0.1, -0.05) is 6.07 Å². The molecular weight excluding hydrogens is 190 g/mol. The number of nitrogens with one attached hydrogen (secondary N) is 1. The lowest BCUT2D eigenvalue weighted by Crippen LogP contribution is -2.14. The minimum absolute atomic E-state index is 0.965. The van der Waals surface area contributed by atoms with E-state index in [1.165, 1.54) is 45.2 Å². The van der Waals surface area contributed by atoms with Crippen LogP contribution < -0.4 is 5.32 Å². The Morgan fingerprint density at radius 1 is 1.36 bits per heavy atom. The zero-order chi connectivity index (χ0) is 9.64. The molecule has 0 aromatic carbocycles. The molecule has 1 aromatic heterocycles. The molecule has 1 aromatic rings. The highest BCUT2D eigenvalue weighted by atomic mass is 32.1. The molecule has 0 bridgehead atoms. The highest BCUT2D eigenvalue weighted by Gasteiger charge is 2.11. The van der Waals surface area contributed by atoms with Crippen molar-refractivity contribution in [2.24, 2.45) is 5.92 Å². The molecule has 0 saturated carbocycles. The summed E-state index contributed by atoms with van der Waals surface area (Å²) in [6.07, 6.45) is 6.86. The molecule has 1 aliphatic heterocycles. The zero-order valence-electron chi connectivity index (χ0n) is 8.67. The Morgan fingerprint density at radius 2 is 2.36 bits per heavy atom. The monoisotopic (exact) mass is 209 g/mol. The zero-order valence-corrected chi connectivity index (χ0v) is 9.48. The van der Waals surface area contributed by atoms with Crippen LogP contribution in [0.25, 0.3) is 0 Å². The van der Waals surface area contributed by atoms with Crippen LogP contribution in [0.15, 0.2) is 17.5 Å². The second-order valence-electron chi connectivity index (χ2n) is 4.16. The van der Waals surface area contributed by atoms with Crippen LogP contribution in [0.3, 0.4) is 0 Å². The summed E-state index contributed by atoms with van der Waals surface area (Å²) in [4.78, 5) is 1.56. The number of thiophene rings is 1. The Labute approximate surface area is 90.5 Å². The summed E-state index contributed by atoms with van der Waals surface area (Å²) in [6.45, 7) is 2.46. The van der Waals surface area contributed by atoms with Crippen LogP contribution in [-0.2, 0) is 6.42 Å². The lowest BCUT2D eigenvalue weighted by Gasteiger charge is -2.12. The molecule has 1 aliphatic rings. The van der Waals surface area contributed by atoms with Crippen LogP contribution in [0.1, 0.15) is 30.6 Å². The molecule has 1 unspecified atom stereocenters.